The lowest BCUT2D eigenvalue weighted by molar-refractivity contribution is -0.129. The summed E-state index contributed by atoms with van der Waals surface area (Å²) in [4.78, 5) is 15.7. The van der Waals surface area contributed by atoms with E-state index in [9.17, 15) is 4.79 Å². The first-order valence-corrected chi connectivity index (χ1v) is 10.3. The second kappa shape index (κ2) is 7.92. The summed E-state index contributed by atoms with van der Waals surface area (Å²) in [6.07, 6.45) is 8.99. The number of carbonyl (C=O) groups excluding carboxylic acids is 1. The Balaban J connectivity index is 1.65. The van der Waals surface area contributed by atoms with Crippen molar-refractivity contribution >= 4 is 23.3 Å². The number of benzene rings is 1. The summed E-state index contributed by atoms with van der Waals surface area (Å²) in [6, 6.07) is 14.5. The Morgan fingerprint density at radius 3 is 2.78 bits per heavy atom. The quantitative estimate of drug-likeness (QED) is 0.599. The molecule has 2 aromatic heterocycles. The fourth-order valence-corrected chi connectivity index (χ4v) is 4.24. The first-order chi connectivity index (χ1) is 13.2. The van der Waals surface area contributed by atoms with Gasteiger partial charge in [-0.05, 0) is 55.8 Å². The summed E-state index contributed by atoms with van der Waals surface area (Å²) in [5.74, 6) is 0.0896. The molecule has 0 bridgehead atoms. The summed E-state index contributed by atoms with van der Waals surface area (Å²) in [7, 11) is 0. The highest BCUT2D eigenvalue weighted by atomic mass is 32.1. The van der Waals surface area contributed by atoms with Gasteiger partial charge in [0, 0.05) is 30.4 Å². The molecule has 1 aliphatic heterocycles. The summed E-state index contributed by atoms with van der Waals surface area (Å²) in [5.41, 5.74) is 2.87. The smallest absolute Gasteiger partial charge is 0.246 e. The molecule has 0 radical (unpaired) electrons. The van der Waals surface area contributed by atoms with Crippen LogP contribution < -0.4 is 0 Å². The average molecular weight is 378 g/mol. The largest absolute Gasteiger partial charge is 0.336 e. The van der Waals surface area contributed by atoms with E-state index in [4.69, 9.17) is 5.10 Å². The molecule has 4 rings (SSSR count). The third kappa shape index (κ3) is 3.88. The Morgan fingerprint density at radius 2 is 2.04 bits per heavy atom. The third-order valence-corrected chi connectivity index (χ3v) is 5.89. The number of rotatable bonds is 4. The van der Waals surface area contributed by atoms with Crippen molar-refractivity contribution in [3.63, 3.8) is 0 Å². The predicted octanol–water partition coefficient (Wildman–Crippen LogP) is 5.02. The lowest BCUT2D eigenvalue weighted by Crippen LogP contribution is -2.41. The van der Waals surface area contributed by atoms with Gasteiger partial charge in [-0.3, -0.25) is 4.79 Å². The monoisotopic (exact) mass is 377 g/mol. The minimum absolute atomic E-state index is 0.0896. The van der Waals surface area contributed by atoms with Crippen LogP contribution in [0.5, 0.6) is 0 Å². The molecule has 1 atom stereocenters. The second-order valence-electron chi connectivity index (χ2n) is 6.90. The van der Waals surface area contributed by atoms with Crippen molar-refractivity contribution in [3.05, 3.63) is 65.7 Å². The van der Waals surface area contributed by atoms with Crippen LogP contribution in [0.2, 0.25) is 0 Å². The summed E-state index contributed by atoms with van der Waals surface area (Å²) >= 11 is 1.66. The van der Waals surface area contributed by atoms with Gasteiger partial charge in [-0.25, -0.2) is 4.68 Å². The standard InChI is InChI=1S/C22H23N3OS/c1-17-8-5-6-14-24(17)21(26)13-12-18-16-25(19-9-3-2-4-10-19)23-22(18)20-11-7-15-27-20/h2-4,7,9-13,15-17H,5-6,8,14H2,1H3/b13-12+/t17-/m1/s1. The highest BCUT2D eigenvalue weighted by Gasteiger charge is 2.21. The van der Waals surface area contributed by atoms with Gasteiger partial charge >= 0.3 is 0 Å². The molecule has 1 amide bonds. The molecule has 1 aromatic carbocycles. The minimum atomic E-state index is 0.0896. The number of amides is 1. The maximum Gasteiger partial charge on any atom is 0.246 e. The molecule has 3 heterocycles. The normalized spacial score (nSPS) is 17.5. The Labute approximate surface area is 163 Å². The van der Waals surface area contributed by atoms with Crippen LogP contribution in [-0.4, -0.2) is 33.2 Å². The first kappa shape index (κ1) is 17.7. The molecule has 27 heavy (non-hydrogen) atoms. The van der Waals surface area contributed by atoms with Gasteiger partial charge in [0.15, 0.2) is 0 Å². The predicted molar refractivity (Wildman–Crippen MR) is 111 cm³/mol. The number of para-hydroxylation sites is 1. The molecule has 1 aliphatic rings. The van der Waals surface area contributed by atoms with E-state index in [0.717, 1.165) is 41.2 Å². The van der Waals surface area contributed by atoms with E-state index in [1.807, 2.05) is 63.6 Å². The molecular formula is C22H23N3OS. The second-order valence-corrected chi connectivity index (χ2v) is 7.85. The number of carbonyl (C=O) groups is 1. The topological polar surface area (TPSA) is 38.1 Å². The van der Waals surface area contributed by atoms with E-state index in [0.29, 0.717) is 6.04 Å². The van der Waals surface area contributed by atoms with Crippen molar-refractivity contribution in [2.24, 2.45) is 0 Å². The molecule has 1 fully saturated rings. The molecule has 0 spiro atoms. The van der Waals surface area contributed by atoms with Crippen LogP contribution in [0.25, 0.3) is 22.3 Å². The molecule has 1 saturated heterocycles. The SMILES string of the molecule is C[C@@H]1CCCCN1C(=O)/C=C/c1cn(-c2ccccc2)nc1-c1cccs1. The van der Waals surface area contributed by atoms with Crippen LogP contribution in [0.15, 0.2) is 60.1 Å². The van der Waals surface area contributed by atoms with E-state index in [1.165, 1.54) is 6.42 Å². The molecule has 0 saturated carbocycles. The molecule has 0 unspecified atom stereocenters. The lowest BCUT2D eigenvalue weighted by atomic mass is 10.0. The van der Waals surface area contributed by atoms with Crippen molar-refractivity contribution < 1.29 is 4.79 Å². The molecule has 5 heteroatoms. The molecule has 0 aliphatic carbocycles. The van der Waals surface area contributed by atoms with Crippen LogP contribution in [0.3, 0.4) is 0 Å². The Kier molecular flexibility index (Phi) is 5.21. The fraction of sp³-hybridized carbons (Fsp3) is 0.273. The third-order valence-electron chi connectivity index (χ3n) is 5.01. The first-order valence-electron chi connectivity index (χ1n) is 9.40. The summed E-state index contributed by atoms with van der Waals surface area (Å²) in [5, 5.41) is 6.83. The van der Waals surface area contributed by atoms with E-state index >= 15 is 0 Å². The van der Waals surface area contributed by atoms with Gasteiger partial charge in [0.2, 0.25) is 5.91 Å². The van der Waals surface area contributed by atoms with Gasteiger partial charge < -0.3 is 4.90 Å². The molecule has 0 N–H and O–H groups in total. The van der Waals surface area contributed by atoms with E-state index in [-0.39, 0.29) is 5.91 Å². The highest BCUT2D eigenvalue weighted by molar-refractivity contribution is 7.13. The van der Waals surface area contributed by atoms with Crippen molar-refractivity contribution in [1.82, 2.24) is 14.7 Å². The van der Waals surface area contributed by atoms with Crippen LogP contribution in [0.1, 0.15) is 31.7 Å². The van der Waals surface area contributed by atoms with Gasteiger partial charge in [-0.2, -0.15) is 5.10 Å². The van der Waals surface area contributed by atoms with Gasteiger partial charge in [0.1, 0.15) is 5.69 Å². The lowest BCUT2D eigenvalue weighted by Gasteiger charge is -2.32. The van der Waals surface area contributed by atoms with Crippen molar-refractivity contribution in [3.8, 4) is 16.3 Å². The number of piperidine rings is 1. The number of hydrogen-bond acceptors (Lipinski definition) is 3. The molecule has 3 aromatic rings. The zero-order chi connectivity index (χ0) is 18.6. The molecule has 4 nitrogen and oxygen atoms in total. The van der Waals surface area contributed by atoms with E-state index in [1.54, 1.807) is 17.4 Å². The molecular weight excluding hydrogens is 354 g/mol. The average Bonchev–Trinajstić information content (AvgIpc) is 3.37. The summed E-state index contributed by atoms with van der Waals surface area (Å²) in [6.45, 7) is 2.99. The number of aromatic nitrogens is 2. The van der Waals surface area contributed by atoms with Gasteiger partial charge in [-0.1, -0.05) is 24.3 Å². The van der Waals surface area contributed by atoms with Crippen LogP contribution in [0, 0.1) is 0 Å². The fourth-order valence-electron chi connectivity index (χ4n) is 3.51. The Morgan fingerprint density at radius 1 is 1.19 bits per heavy atom. The van der Waals surface area contributed by atoms with Crippen molar-refractivity contribution in [2.45, 2.75) is 32.2 Å². The maximum atomic E-state index is 12.7. The van der Waals surface area contributed by atoms with Crippen molar-refractivity contribution in [2.75, 3.05) is 6.54 Å². The van der Waals surface area contributed by atoms with Crippen molar-refractivity contribution in [1.29, 1.82) is 0 Å². The van der Waals surface area contributed by atoms with E-state index in [2.05, 4.69) is 13.0 Å². The highest BCUT2D eigenvalue weighted by Crippen LogP contribution is 2.28. The number of hydrogen-bond donors (Lipinski definition) is 0. The number of nitrogens with zero attached hydrogens (tertiary/aromatic N) is 3. The van der Waals surface area contributed by atoms with Gasteiger partial charge in [-0.15, -0.1) is 11.3 Å². The maximum absolute atomic E-state index is 12.7. The zero-order valence-corrected chi connectivity index (χ0v) is 16.2. The summed E-state index contributed by atoms with van der Waals surface area (Å²) < 4.78 is 1.88. The number of thiophene rings is 1. The molecule has 138 valence electrons. The van der Waals surface area contributed by atoms with Crippen LogP contribution in [-0.2, 0) is 4.79 Å². The van der Waals surface area contributed by atoms with Crippen LogP contribution in [0.4, 0.5) is 0 Å². The zero-order valence-electron chi connectivity index (χ0n) is 15.4. The minimum Gasteiger partial charge on any atom is -0.336 e. The van der Waals surface area contributed by atoms with E-state index < -0.39 is 0 Å². The Bertz CT molecular complexity index is 928. The van der Waals surface area contributed by atoms with Gasteiger partial charge in [0.25, 0.3) is 0 Å². The van der Waals surface area contributed by atoms with Crippen LogP contribution >= 0.6 is 11.3 Å². The Hall–Kier alpha value is -2.66. The van der Waals surface area contributed by atoms with Gasteiger partial charge in [0.05, 0.1) is 10.6 Å². The number of likely N-dealkylation sites (tertiary alicyclic amines) is 1.